The van der Waals surface area contributed by atoms with Crippen LogP contribution in [0, 0.1) is 6.92 Å². The molecule has 1 saturated heterocycles. The molecule has 1 atom stereocenters. The Kier molecular flexibility index (Phi) is 3.84. The molecule has 1 heterocycles. The SMILES string of the molecule is COc1cc(C2CNCCO2)cc(Br)c1C. The summed E-state index contributed by atoms with van der Waals surface area (Å²) in [5.41, 5.74) is 2.27. The average molecular weight is 286 g/mol. The van der Waals surface area contributed by atoms with Crippen LogP contribution in [0.1, 0.15) is 17.2 Å². The van der Waals surface area contributed by atoms with Crippen LogP contribution in [0.25, 0.3) is 0 Å². The van der Waals surface area contributed by atoms with E-state index < -0.39 is 0 Å². The van der Waals surface area contributed by atoms with E-state index in [0.717, 1.165) is 41.0 Å². The zero-order valence-electron chi connectivity index (χ0n) is 9.55. The molecule has 1 N–H and O–H groups in total. The summed E-state index contributed by atoms with van der Waals surface area (Å²) in [7, 11) is 1.69. The smallest absolute Gasteiger partial charge is 0.123 e. The van der Waals surface area contributed by atoms with Gasteiger partial charge in [-0.3, -0.25) is 0 Å². The largest absolute Gasteiger partial charge is 0.496 e. The highest BCUT2D eigenvalue weighted by atomic mass is 79.9. The van der Waals surface area contributed by atoms with Crippen molar-refractivity contribution in [1.29, 1.82) is 0 Å². The molecule has 0 aliphatic carbocycles. The van der Waals surface area contributed by atoms with Crippen LogP contribution in [0.5, 0.6) is 5.75 Å². The van der Waals surface area contributed by atoms with Crippen molar-refractivity contribution in [3.8, 4) is 5.75 Å². The van der Waals surface area contributed by atoms with E-state index >= 15 is 0 Å². The van der Waals surface area contributed by atoms with Gasteiger partial charge in [-0.05, 0) is 24.6 Å². The molecule has 16 heavy (non-hydrogen) atoms. The van der Waals surface area contributed by atoms with E-state index in [1.807, 2.05) is 6.92 Å². The molecule has 3 nitrogen and oxygen atoms in total. The number of methoxy groups -OCH3 is 1. The summed E-state index contributed by atoms with van der Waals surface area (Å²) in [5.74, 6) is 0.901. The molecule has 88 valence electrons. The van der Waals surface area contributed by atoms with E-state index in [4.69, 9.17) is 9.47 Å². The number of morpholine rings is 1. The summed E-state index contributed by atoms with van der Waals surface area (Å²) in [6.07, 6.45) is 0.125. The van der Waals surface area contributed by atoms with Gasteiger partial charge in [0.25, 0.3) is 0 Å². The minimum atomic E-state index is 0.125. The van der Waals surface area contributed by atoms with E-state index in [0.29, 0.717) is 0 Å². The average Bonchev–Trinajstić information content (AvgIpc) is 2.33. The molecule has 1 unspecified atom stereocenters. The Hall–Kier alpha value is -0.580. The third-order valence-electron chi connectivity index (χ3n) is 2.84. The first-order valence-electron chi connectivity index (χ1n) is 5.38. The first-order valence-corrected chi connectivity index (χ1v) is 6.18. The minimum Gasteiger partial charge on any atom is -0.496 e. The molecule has 1 aliphatic heterocycles. The van der Waals surface area contributed by atoms with Gasteiger partial charge in [0, 0.05) is 23.1 Å². The van der Waals surface area contributed by atoms with Gasteiger partial charge in [0.1, 0.15) is 5.75 Å². The molecule has 0 radical (unpaired) electrons. The standard InChI is InChI=1S/C12H16BrNO2/c1-8-10(13)5-9(6-11(8)15-2)12-7-14-3-4-16-12/h5-6,12,14H,3-4,7H2,1-2H3. The Labute approximate surface area is 104 Å². The predicted molar refractivity (Wildman–Crippen MR) is 67.0 cm³/mol. The van der Waals surface area contributed by atoms with Crippen LogP contribution in [0.15, 0.2) is 16.6 Å². The zero-order valence-corrected chi connectivity index (χ0v) is 11.1. The monoisotopic (exact) mass is 285 g/mol. The number of halogens is 1. The van der Waals surface area contributed by atoms with Gasteiger partial charge < -0.3 is 14.8 Å². The van der Waals surface area contributed by atoms with Crippen LogP contribution in [0.2, 0.25) is 0 Å². The van der Waals surface area contributed by atoms with Gasteiger partial charge in [0.15, 0.2) is 0 Å². The zero-order chi connectivity index (χ0) is 11.5. The van der Waals surface area contributed by atoms with Crippen molar-refractivity contribution in [2.24, 2.45) is 0 Å². The van der Waals surface area contributed by atoms with Crippen LogP contribution in [0.4, 0.5) is 0 Å². The van der Waals surface area contributed by atoms with Crippen molar-refractivity contribution < 1.29 is 9.47 Å². The van der Waals surface area contributed by atoms with E-state index in [1.54, 1.807) is 7.11 Å². The second-order valence-electron chi connectivity index (χ2n) is 3.89. The fraction of sp³-hybridized carbons (Fsp3) is 0.500. The van der Waals surface area contributed by atoms with E-state index in [9.17, 15) is 0 Å². The Morgan fingerprint density at radius 2 is 2.31 bits per heavy atom. The number of benzene rings is 1. The van der Waals surface area contributed by atoms with Crippen LogP contribution < -0.4 is 10.1 Å². The van der Waals surface area contributed by atoms with E-state index in [1.165, 1.54) is 0 Å². The molecular weight excluding hydrogens is 270 g/mol. The Balaban J connectivity index is 2.29. The summed E-state index contributed by atoms with van der Waals surface area (Å²) in [6, 6.07) is 4.16. The summed E-state index contributed by atoms with van der Waals surface area (Å²) in [4.78, 5) is 0. The first kappa shape index (κ1) is 11.9. The molecule has 0 aromatic heterocycles. The maximum Gasteiger partial charge on any atom is 0.123 e. The lowest BCUT2D eigenvalue weighted by Gasteiger charge is -2.25. The Morgan fingerprint density at radius 3 is 2.94 bits per heavy atom. The van der Waals surface area contributed by atoms with Gasteiger partial charge in [-0.2, -0.15) is 0 Å². The van der Waals surface area contributed by atoms with Gasteiger partial charge in [-0.1, -0.05) is 15.9 Å². The Bertz CT molecular complexity index is 376. The number of nitrogens with one attached hydrogen (secondary N) is 1. The van der Waals surface area contributed by atoms with Crippen LogP contribution in [-0.2, 0) is 4.74 Å². The van der Waals surface area contributed by atoms with Gasteiger partial charge >= 0.3 is 0 Å². The summed E-state index contributed by atoms with van der Waals surface area (Å²) >= 11 is 3.55. The summed E-state index contributed by atoms with van der Waals surface area (Å²) < 4.78 is 12.1. The maximum atomic E-state index is 5.72. The van der Waals surface area contributed by atoms with E-state index in [2.05, 4.69) is 33.4 Å². The lowest BCUT2D eigenvalue weighted by Crippen LogP contribution is -2.33. The quantitative estimate of drug-likeness (QED) is 0.905. The Morgan fingerprint density at radius 1 is 1.50 bits per heavy atom. The minimum absolute atomic E-state index is 0.125. The maximum absolute atomic E-state index is 5.72. The lowest BCUT2D eigenvalue weighted by molar-refractivity contribution is 0.0275. The molecule has 2 rings (SSSR count). The predicted octanol–water partition coefficient (Wildman–Crippen LogP) is 2.43. The van der Waals surface area contributed by atoms with Crippen LogP contribution >= 0.6 is 15.9 Å². The second-order valence-corrected chi connectivity index (χ2v) is 4.75. The highest BCUT2D eigenvalue weighted by Gasteiger charge is 2.18. The number of hydrogen-bond acceptors (Lipinski definition) is 3. The third-order valence-corrected chi connectivity index (χ3v) is 3.66. The molecular formula is C12H16BrNO2. The molecule has 0 spiro atoms. The molecule has 0 bridgehead atoms. The van der Waals surface area contributed by atoms with Crippen molar-refractivity contribution >= 4 is 15.9 Å². The van der Waals surface area contributed by atoms with Gasteiger partial charge in [0.05, 0.1) is 19.8 Å². The van der Waals surface area contributed by atoms with Crippen LogP contribution in [0.3, 0.4) is 0 Å². The van der Waals surface area contributed by atoms with Crippen molar-refractivity contribution in [1.82, 2.24) is 5.32 Å². The number of ether oxygens (including phenoxy) is 2. The lowest BCUT2D eigenvalue weighted by atomic mass is 10.1. The van der Waals surface area contributed by atoms with E-state index in [-0.39, 0.29) is 6.10 Å². The fourth-order valence-corrected chi connectivity index (χ4v) is 2.31. The molecule has 4 heteroatoms. The fourth-order valence-electron chi connectivity index (χ4n) is 1.85. The highest BCUT2D eigenvalue weighted by molar-refractivity contribution is 9.10. The van der Waals surface area contributed by atoms with Crippen molar-refractivity contribution in [2.75, 3.05) is 26.8 Å². The third kappa shape index (κ3) is 2.39. The molecule has 1 aliphatic rings. The van der Waals surface area contributed by atoms with Crippen molar-refractivity contribution in [3.05, 3.63) is 27.7 Å². The molecule has 0 saturated carbocycles. The first-order chi connectivity index (χ1) is 7.72. The molecule has 1 fully saturated rings. The summed E-state index contributed by atoms with van der Waals surface area (Å²) in [5, 5.41) is 3.32. The van der Waals surface area contributed by atoms with Gasteiger partial charge in [-0.25, -0.2) is 0 Å². The van der Waals surface area contributed by atoms with Crippen molar-refractivity contribution in [3.63, 3.8) is 0 Å². The highest BCUT2D eigenvalue weighted by Crippen LogP contribution is 2.31. The van der Waals surface area contributed by atoms with Gasteiger partial charge in [0.2, 0.25) is 0 Å². The summed E-state index contributed by atoms with van der Waals surface area (Å²) in [6.45, 7) is 4.59. The van der Waals surface area contributed by atoms with Crippen molar-refractivity contribution in [2.45, 2.75) is 13.0 Å². The molecule has 1 aromatic carbocycles. The topological polar surface area (TPSA) is 30.5 Å². The van der Waals surface area contributed by atoms with Crippen LogP contribution in [-0.4, -0.2) is 26.8 Å². The molecule has 1 aromatic rings. The van der Waals surface area contributed by atoms with Gasteiger partial charge in [-0.15, -0.1) is 0 Å². The normalized spacial score (nSPS) is 20.8. The second kappa shape index (κ2) is 5.17. The molecule has 0 amide bonds. The number of hydrogen-bond donors (Lipinski definition) is 1. The number of rotatable bonds is 2.